The summed E-state index contributed by atoms with van der Waals surface area (Å²) < 4.78 is 16.1. The van der Waals surface area contributed by atoms with E-state index in [4.69, 9.17) is 0 Å². The van der Waals surface area contributed by atoms with Crippen LogP contribution >= 0.6 is 0 Å². The molecule has 2 radical (unpaired) electrons. The van der Waals surface area contributed by atoms with E-state index in [9.17, 15) is 19.1 Å². The van der Waals surface area contributed by atoms with E-state index in [0.29, 0.717) is 17.3 Å². The molecule has 1 heterocycles. The number of anilines is 2. The van der Waals surface area contributed by atoms with Crippen LogP contribution in [-0.4, -0.2) is 50.2 Å². The molecule has 1 aromatic heterocycles. The second-order valence-electron chi connectivity index (χ2n) is 9.39. The van der Waals surface area contributed by atoms with E-state index in [2.05, 4.69) is 32.6 Å². The Morgan fingerprint density at radius 2 is 1.82 bits per heavy atom. The Morgan fingerprint density at radius 3 is 2.58 bits per heavy atom. The zero-order valence-corrected chi connectivity index (χ0v) is 22.4. The average Bonchev–Trinajstić information content (AvgIpc) is 3.64. The number of hydrogen-bond acceptors (Lipinski definition) is 4. The minimum atomic E-state index is -1.26. The normalized spacial score (nSPS) is 12.8. The van der Waals surface area contributed by atoms with Gasteiger partial charge in [0.05, 0.1) is 0 Å². The Morgan fingerprint density at radius 1 is 1.00 bits per heavy atom. The van der Waals surface area contributed by atoms with Crippen molar-refractivity contribution in [3.8, 4) is 5.69 Å². The van der Waals surface area contributed by atoms with Crippen molar-refractivity contribution in [3.05, 3.63) is 107 Å². The summed E-state index contributed by atoms with van der Waals surface area (Å²) in [6.07, 6.45) is 3.07. The second kappa shape index (κ2) is 11.2. The first-order chi connectivity index (χ1) is 18.4. The SMILES string of the molecule is O=C(O)c1cc(C(=O)Nc2cc(Cc3ccccc3NCC3CC3)ccc2F)n(-c2cccc(C[As])c2)n1. The van der Waals surface area contributed by atoms with E-state index in [1.54, 1.807) is 18.2 Å². The monoisotopic (exact) mass is 572 g/mol. The predicted octanol–water partition coefficient (Wildman–Crippen LogP) is 5.04. The summed E-state index contributed by atoms with van der Waals surface area (Å²) in [5, 5.41) is 20.4. The number of aromatic nitrogens is 2. The number of carbonyl (C=O) groups excluding carboxylic acids is 1. The molecule has 192 valence electrons. The third-order valence-corrected chi connectivity index (χ3v) is 7.23. The predicted molar refractivity (Wildman–Crippen MR) is 145 cm³/mol. The van der Waals surface area contributed by atoms with Gasteiger partial charge in [0, 0.05) is 12.2 Å². The van der Waals surface area contributed by atoms with E-state index in [1.807, 2.05) is 42.5 Å². The molecule has 5 rings (SSSR count). The molecular weight excluding hydrogens is 546 g/mol. The standard InChI is InChI=1S/C29H26AsFN4O3/c30-16-20-4-3-6-22(13-20)35-27(15-26(34-35)29(37)38)28(36)33-25-14-19(10-11-23(25)31)12-21-5-1-2-7-24(21)32-17-18-8-9-18/h1-7,10-11,13-15,18,32H,8-9,12,16-17H2,(H,33,36)(H,37,38). The van der Waals surface area contributed by atoms with E-state index in [1.165, 1.54) is 29.7 Å². The summed E-state index contributed by atoms with van der Waals surface area (Å²) in [4.78, 5) is 24.9. The van der Waals surface area contributed by atoms with Gasteiger partial charge in [-0.05, 0) is 30.4 Å². The third kappa shape index (κ3) is 5.97. The van der Waals surface area contributed by atoms with E-state index in [-0.39, 0.29) is 17.1 Å². The summed E-state index contributed by atoms with van der Waals surface area (Å²) in [7, 11) is 0. The van der Waals surface area contributed by atoms with Gasteiger partial charge in [-0.25, -0.2) is 0 Å². The van der Waals surface area contributed by atoms with E-state index < -0.39 is 17.7 Å². The van der Waals surface area contributed by atoms with Gasteiger partial charge in [0.25, 0.3) is 0 Å². The third-order valence-electron chi connectivity index (χ3n) is 6.47. The molecule has 3 N–H and O–H groups in total. The zero-order valence-electron chi connectivity index (χ0n) is 20.5. The molecule has 9 heteroatoms. The summed E-state index contributed by atoms with van der Waals surface area (Å²) in [5.41, 5.74) is 4.20. The van der Waals surface area contributed by atoms with Gasteiger partial charge in [-0.3, -0.25) is 0 Å². The van der Waals surface area contributed by atoms with E-state index in [0.717, 1.165) is 34.8 Å². The number of rotatable bonds is 10. The van der Waals surface area contributed by atoms with Crippen LogP contribution in [0.15, 0.2) is 72.8 Å². The molecule has 1 aliphatic rings. The molecular formula is C29H26AsFN4O3. The van der Waals surface area contributed by atoms with Gasteiger partial charge < -0.3 is 5.32 Å². The number of nitrogens with zero attached hydrogens (tertiary/aromatic N) is 2. The molecule has 0 bridgehead atoms. The van der Waals surface area contributed by atoms with Gasteiger partial charge in [-0.2, -0.15) is 0 Å². The van der Waals surface area contributed by atoms with Gasteiger partial charge in [-0.1, -0.05) is 18.2 Å². The van der Waals surface area contributed by atoms with Gasteiger partial charge in [-0.15, -0.1) is 0 Å². The molecule has 1 aliphatic carbocycles. The number of carbonyl (C=O) groups is 2. The van der Waals surface area contributed by atoms with Crippen molar-refractivity contribution in [2.75, 3.05) is 17.2 Å². The molecule has 38 heavy (non-hydrogen) atoms. The van der Waals surface area contributed by atoms with Gasteiger partial charge in [0.2, 0.25) is 0 Å². The Kier molecular flexibility index (Phi) is 7.61. The second-order valence-corrected chi connectivity index (χ2v) is 10.0. The van der Waals surface area contributed by atoms with Crippen LogP contribution in [0.1, 0.15) is 50.5 Å². The molecule has 1 amide bonds. The molecule has 0 saturated heterocycles. The quantitative estimate of drug-likeness (QED) is 0.232. The number of benzene rings is 3. The number of carboxylic acids is 1. The summed E-state index contributed by atoms with van der Waals surface area (Å²) >= 11 is 2.46. The maximum absolute atomic E-state index is 14.8. The Balaban J connectivity index is 1.40. The van der Waals surface area contributed by atoms with Gasteiger partial charge in [0.1, 0.15) is 0 Å². The number of carboxylic acid groups (broad SMARTS) is 1. The van der Waals surface area contributed by atoms with Crippen molar-refractivity contribution in [2.24, 2.45) is 5.92 Å². The van der Waals surface area contributed by atoms with Crippen LogP contribution in [0.2, 0.25) is 0 Å². The number of para-hydroxylation sites is 1. The topological polar surface area (TPSA) is 96.2 Å². The van der Waals surface area contributed by atoms with Crippen molar-refractivity contribution in [1.29, 1.82) is 0 Å². The zero-order chi connectivity index (χ0) is 26.6. The van der Waals surface area contributed by atoms with Crippen molar-refractivity contribution >= 4 is 40.1 Å². The molecule has 0 atom stereocenters. The molecule has 7 nitrogen and oxygen atoms in total. The van der Waals surface area contributed by atoms with Crippen molar-refractivity contribution in [2.45, 2.75) is 24.5 Å². The van der Waals surface area contributed by atoms with Gasteiger partial charge >= 0.3 is 163 Å². The first-order valence-electron chi connectivity index (χ1n) is 12.4. The van der Waals surface area contributed by atoms with Crippen LogP contribution in [0.4, 0.5) is 15.8 Å². The van der Waals surface area contributed by atoms with Crippen LogP contribution < -0.4 is 10.6 Å². The molecule has 1 saturated carbocycles. The van der Waals surface area contributed by atoms with Crippen LogP contribution in [0.5, 0.6) is 0 Å². The molecule has 0 aliphatic heterocycles. The fourth-order valence-electron chi connectivity index (χ4n) is 4.24. The molecule has 4 aromatic rings. The molecule has 0 spiro atoms. The van der Waals surface area contributed by atoms with Crippen molar-refractivity contribution in [3.63, 3.8) is 0 Å². The number of halogens is 1. The van der Waals surface area contributed by atoms with E-state index >= 15 is 0 Å². The minimum absolute atomic E-state index is 0.00966. The van der Waals surface area contributed by atoms with Crippen molar-refractivity contribution < 1.29 is 19.1 Å². The number of hydrogen-bond donors (Lipinski definition) is 3. The number of aromatic carboxylic acids is 1. The van der Waals surface area contributed by atoms with Crippen molar-refractivity contribution in [1.82, 2.24) is 9.78 Å². The van der Waals surface area contributed by atoms with Crippen LogP contribution in [-0.2, 0) is 11.6 Å². The summed E-state index contributed by atoms with van der Waals surface area (Å²) in [5.74, 6) is -1.78. The Labute approximate surface area is 228 Å². The summed E-state index contributed by atoms with van der Waals surface area (Å²) in [6, 6.07) is 21.1. The average molecular weight is 572 g/mol. The fourth-order valence-corrected chi connectivity index (χ4v) is 4.65. The molecule has 3 aromatic carbocycles. The first kappa shape index (κ1) is 25.7. The molecule has 1 fully saturated rings. The van der Waals surface area contributed by atoms with Crippen LogP contribution in [0, 0.1) is 11.7 Å². The Hall–Kier alpha value is -3.90. The maximum atomic E-state index is 14.8. The fraction of sp³-hybridized carbons (Fsp3) is 0.207. The summed E-state index contributed by atoms with van der Waals surface area (Å²) in [6.45, 7) is 0.939. The number of amides is 1. The number of nitrogens with one attached hydrogen (secondary N) is 2. The van der Waals surface area contributed by atoms with Crippen LogP contribution in [0.25, 0.3) is 5.69 Å². The first-order valence-corrected chi connectivity index (χ1v) is 13.7. The molecule has 0 unspecified atom stereocenters. The Bertz CT molecular complexity index is 1500. The van der Waals surface area contributed by atoms with Gasteiger partial charge in [0.15, 0.2) is 0 Å². The van der Waals surface area contributed by atoms with Crippen LogP contribution in [0.3, 0.4) is 0 Å².